The molecule has 4 rings (SSSR count). The number of fused-ring (bicyclic) bond motifs is 1. The van der Waals surface area contributed by atoms with Gasteiger partial charge in [-0.25, -0.2) is 0 Å². The lowest BCUT2D eigenvalue weighted by atomic mass is 10.0. The first kappa shape index (κ1) is 17.9. The van der Waals surface area contributed by atoms with Crippen LogP contribution in [-0.4, -0.2) is 31.7 Å². The molecule has 2 N–H and O–H groups in total. The van der Waals surface area contributed by atoms with Crippen LogP contribution in [0.5, 0.6) is 11.5 Å². The Labute approximate surface area is 163 Å². The Morgan fingerprint density at radius 3 is 2.39 bits per heavy atom. The summed E-state index contributed by atoms with van der Waals surface area (Å²) in [5.41, 5.74) is 4.67. The van der Waals surface area contributed by atoms with Crippen LogP contribution in [-0.2, 0) is 6.42 Å². The number of benzene rings is 2. The first-order valence-electron chi connectivity index (χ1n) is 9.05. The monoisotopic (exact) mass is 375 g/mol. The smallest absolute Gasteiger partial charge is 0.255 e. The second kappa shape index (κ2) is 7.60. The third-order valence-corrected chi connectivity index (χ3v) is 4.67. The van der Waals surface area contributed by atoms with Crippen molar-refractivity contribution >= 4 is 17.3 Å². The fraction of sp³-hybridized carbons (Fsp3) is 0.182. The molecule has 1 aromatic heterocycles. The minimum atomic E-state index is -0.120. The molecule has 0 radical (unpaired) electrons. The number of methoxy groups -OCH3 is 2. The molecule has 6 heteroatoms. The maximum absolute atomic E-state index is 12.6. The molecule has 2 aromatic carbocycles. The van der Waals surface area contributed by atoms with Crippen molar-refractivity contribution in [1.82, 2.24) is 10.3 Å². The first-order valence-corrected chi connectivity index (χ1v) is 9.05. The Morgan fingerprint density at radius 1 is 1.00 bits per heavy atom. The van der Waals surface area contributed by atoms with Crippen LogP contribution in [0.3, 0.4) is 0 Å². The number of carbonyl (C=O) groups excluding carboxylic acids is 1. The fourth-order valence-electron chi connectivity index (χ4n) is 3.31. The summed E-state index contributed by atoms with van der Waals surface area (Å²) in [6.45, 7) is 0.587. The number of aromatic nitrogens is 1. The van der Waals surface area contributed by atoms with Crippen molar-refractivity contribution < 1.29 is 14.3 Å². The van der Waals surface area contributed by atoms with E-state index in [1.807, 2.05) is 48.5 Å². The maximum Gasteiger partial charge on any atom is 0.255 e. The summed E-state index contributed by atoms with van der Waals surface area (Å²) < 4.78 is 10.7. The van der Waals surface area contributed by atoms with Crippen molar-refractivity contribution in [3.05, 3.63) is 65.9 Å². The van der Waals surface area contributed by atoms with E-state index in [1.165, 1.54) is 0 Å². The van der Waals surface area contributed by atoms with E-state index in [4.69, 9.17) is 14.5 Å². The van der Waals surface area contributed by atoms with E-state index >= 15 is 0 Å². The van der Waals surface area contributed by atoms with Gasteiger partial charge in [-0.3, -0.25) is 9.78 Å². The maximum atomic E-state index is 12.6. The molecule has 1 amide bonds. The molecule has 6 nitrogen and oxygen atoms in total. The quantitative estimate of drug-likeness (QED) is 0.710. The number of nitrogens with one attached hydrogen (secondary N) is 2. The highest BCUT2D eigenvalue weighted by Crippen LogP contribution is 2.33. The zero-order valence-corrected chi connectivity index (χ0v) is 15.8. The summed E-state index contributed by atoms with van der Waals surface area (Å²) in [6, 6.07) is 17.4. The Morgan fingerprint density at radius 2 is 1.71 bits per heavy atom. The molecule has 3 aromatic rings. The van der Waals surface area contributed by atoms with E-state index in [-0.39, 0.29) is 5.91 Å². The van der Waals surface area contributed by atoms with E-state index in [0.717, 1.165) is 22.6 Å². The van der Waals surface area contributed by atoms with Gasteiger partial charge in [0.1, 0.15) is 11.5 Å². The minimum Gasteiger partial charge on any atom is -0.497 e. The van der Waals surface area contributed by atoms with Crippen LogP contribution in [0.15, 0.2) is 54.6 Å². The number of amides is 1. The van der Waals surface area contributed by atoms with Crippen LogP contribution in [0.25, 0.3) is 11.3 Å². The number of anilines is 2. The molecule has 0 saturated carbocycles. The summed E-state index contributed by atoms with van der Waals surface area (Å²) in [7, 11) is 3.21. The lowest BCUT2D eigenvalue weighted by molar-refractivity contribution is 0.0946. The molecular weight excluding hydrogens is 354 g/mol. The van der Waals surface area contributed by atoms with E-state index in [0.29, 0.717) is 35.7 Å². The van der Waals surface area contributed by atoms with E-state index in [1.54, 1.807) is 20.3 Å². The highest BCUT2D eigenvalue weighted by Gasteiger charge is 2.23. The second-order valence-electron chi connectivity index (χ2n) is 6.48. The SMILES string of the molecule is COc1cc(Nc2cc(-c3ccccc3)nc3c2C(=O)NCC3)cc(OC)c1. The number of nitrogens with zero attached hydrogens (tertiary/aromatic N) is 1. The number of pyridine rings is 1. The minimum absolute atomic E-state index is 0.120. The lowest BCUT2D eigenvalue weighted by Gasteiger charge is -2.21. The molecule has 0 bridgehead atoms. The van der Waals surface area contributed by atoms with Crippen molar-refractivity contribution in [3.8, 4) is 22.8 Å². The van der Waals surface area contributed by atoms with Crippen LogP contribution in [0.1, 0.15) is 16.1 Å². The second-order valence-corrected chi connectivity index (χ2v) is 6.48. The zero-order valence-electron chi connectivity index (χ0n) is 15.8. The molecule has 0 atom stereocenters. The van der Waals surface area contributed by atoms with Crippen molar-refractivity contribution in [1.29, 1.82) is 0 Å². The highest BCUT2D eigenvalue weighted by molar-refractivity contribution is 6.03. The molecule has 0 aliphatic carbocycles. The Bertz CT molecular complexity index is 997. The van der Waals surface area contributed by atoms with Gasteiger partial charge in [0, 0.05) is 42.4 Å². The average Bonchev–Trinajstić information content (AvgIpc) is 2.74. The predicted octanol–water partition coefficient (Wildman–Crippen LogP) is 3.80. The molecule has 0 fully saturated rings. The number of hydrogen-bond acceptors (Lipinski definition) is 5. The Hall–Kier alpha value is -3.54. The normalized spacial score (nSPS) is 12.7. The van der Waals surface area contributed by atoms with Crippen molar-refractivity contribution in [3.63, 3.8) is 0 Å². The average molecular weight is 375 g/mol. The fourth-order valence-corrected chi connectivity index (χ4v) is 3.31. The van der Waals surface area contributed by atoms with Gasteiger partial charge in [-0.05, 0) is 6.07 Å². The zero-order chi connectivity index (χ0) is 19.5. The van der Waals surface area contributed by atoms with Crippen LogP contribution < -0.4 is 20.1 Å². The van der Waals surface area contributed by atoms with Gasteiger partial charge in [0.25, 0.3) is 5.91 Å². The molecule has 0 spiro atoms. The highest BCUT2D eigenvalue weighted by atomic mass is 16.5. The molecule has 1 aliphatic rings. The third kappa shape index (κ3) is 3.49. The van der Waals surface area contributed by atoms with Crippen molar-refractivity contribution in [2.75, 3.05) is 26.1 Å². The van der Waals surface area contributed by atoms with Gasteiger partial charge in [0.05, 0.1) is 36.9 Å². The van der Waals surface area contributed by atoms with Gasteiger partial charge in [-0.15, -0.1) is 0 Å². The summed E-state index contributed by atoms with van der Waals surface area (Å²) in [5, 5.41) is 6.26. The van der Waals surface area contributed by atoms with E-state index in [9.17, 15) is 4.79 Å². The molecule has 2 heterocycles. The topological polar surface area (TPSA) is 72.5 Å². The van der Waals surface area contributed by atoms with Crippen LogP contribution >= 0.6 is 0 Å². The predicted molar refractivity (Wildman–Crippen MR) is 109 cm³/mol. The van der Waals surface area contributed by atoms with Crippen LogP contribution in [0.4, 0.5) is 11.4 Å². The summed E-state index contributed by atoms with van der Waals surface area (Å²) >= 11 is 0. The van der Waals surface area contributed by atoms with Gasteiger partial charge in [0.2, 0.25) is 0 Å². The number of rotatable bonds is 5. The lowest BCUT2D eigenvalue weighted by Crippen LogP contribution is -2.33. The van der Waals surface area contributed by atoms with Gasteiger partial charge < -0.3 is 20.1 Å². The Kier molecular flexibility index (Phi) is 4.85. The van der Waals surface area contributed by atoms with Gasteiger partial charge >= 0.3 is 0 Å². The molecule has 0 unspecified atom stereocenters. The number of ether oxygens (including phenoxy) is 2. The van der Waals surface area contributed by atoms with Crippen LogP contribution in [0.2, 0.25) is 0 Å². The van der Waals surface area contributed by atoms with Gasteiger partial charge in [-0.2, -0.15) is 0 Å². The largest absolute Gasteiger partial charge is 0.497 e. The van der Waals surface area contributed by atoms with Crippen molar-refractivity contribution in [2.24, 2.45) is 0 Å². The molecule has 28 heavy (non-hydrogen) atoms. The summed E-state index contributed by atoms with van der Waals surface area (Å²) in [5.74, 6) is 1.21. The van der Waals surface area contributed by atoms with Gasteiger partial charge in [-0.1, -0.05) is 30.3 Å². The van der Waals surface area contributed by atoms with Gasteiger partial charge in [0.15, 0.2) is 0 Å². The standard InChI is InChI=1S/C22H21N3O3/c1-27-16-10-15(11-17(12-16)28-2)24-20-13-19(14-6-4-3-5-7-14)25-18-8-9-23-22(26)21(18)20/h3-7,10-13H,8-9H2,1-2H3,(H,23,26)(H,24,25). The summed E-state index contributed by atoms with van der Waals surface area (Å²) in [6.07, 6.45) is 0.692. The number of hydrogen-bond donors (Lipinski definition) is 2. The third-order valence-electron chi connectivity index (χ3n) is 4.67. The molecule has 0 saturated heterocycles. The first-order chi connectivity index (χ1) is 13.7. The Balaban J connectivity index is 1.82. The number of carbonyl (C=O) groups is 1. The van der Waals surface area contributed by atoms with Crippen molar-refractivity contribution in [2.45, 2.75) is 6.42 Å². The van der Waals surface area contributed by atoms with E-state index in [2.05, 4.69) is 10.6 Å². The summed E-state index contributed by atoms with van der Waals surface area (Å²) in [4.78, 5) is 17.3. The van der Waals surface area contributed by atoms with E-state index < -0.39 is 0 Å². The van der Waals surface area contributed by atoms with Crippen LogP contribution in [0, 0.1) is 0 Å². The molecule has 1 aliphatic heterocycles. The molecular formula is C22H21N3O3. The molecule has 142 valence electrons.